The van der Waals surface area contributed by atoms with Gasteiger partial charge in [0.1, 0.15) is 17.3 Å². The number of nitrogens with zero attached hydrogens (tertiary/aromatic N) is 3. The van der Waals surface area contributed by atoms with Crippen LogP contribution in [0.15, 0.2) is 59.0 Å². The van der Waals surface area contributed by atoms with Crippen LogP contribution in [0.1, 0.15) is 11.1 Å². The van der Waals surface area contributed by atoms with Crippen LogP contribution in [0.2, 0.25) is 0 Å². The minimum absolute atomic E-state index is 0.468. The number of nitrogen functional groups attached to an aromatic ring is 1. The van der Waals surface area contributed by atoms with Crippen LogP contribution < -0.4 is 15.9 Å². The Bertz CT molecular complexity index is 896. The van der Waals surface area contributed by atoms with Crippen LogP contribution >= 0.6 is 11.3 Å². The lowest BCUT2D eigenvalue weighted by Gasteiger charge is -2.06. The third-order valence-corrected chi connectivity index (χ3v) is 3.74. The van der Waals surface area contributed by atoms with Crippen molar-refractivity contribution in [3.8, 4) is 17.6 Å². The van der Waals surface area contributed by atoms with Crippen molar-refractivity contribution in [3.05, 3.63) is 65.0 Å². The molecule has 0 unspecified atom stereocenters. The fourth-order valence-electron chi connectivity index (χ4n) is 1.89. The lowest BCUT2D eigenvalue weighted by Crippen LogP contribution is -1.92. The Morgan fingerprint density at radius 3 is 2.75 bits per heavy atom. The second-order valence-electron chi connectivity index (χ2n) is 4.76. The van der Waals surface area contributed by atoms with Crippen LogP contribution in [-0.2, 0) is 0 Å². The maximum Gasteiger partial charge on any atom is 0.205 e. The molecule has 0 spiro atoms. The number of aromatic nitrogens is 1. The Balaban J connectivity index is 1.66. The normalized spacial score (nSPS) is 10.5. The summed E-state index contributed by atoms with van der Waals surface area (Å²) in [7, 11) is 0. The van der Waals surface area contributed by atoms with Gasteiger partial charge in [-0.1, -0.05) is 12.1 Å². The second-order valence-corrected chi connectivity index (χ2v) is 5.62. The molecule has 2 aromatic carbocycles. The molecule has 7 heteroatoms. The molecule has 1 aromatic heterocycles. The standard InChI is InChI=1S/C17H13N5OS/c18-9-12-4-6-14(7-5-12)23-15-3-1-2-13(8-15)10-20-22-17-21-16(19)11-24-17/h1-8,10-11H,19H2,(H,21,22). The number of rotatable bonds is 5. The van der Waals surface area contributed by atoms with Gasteiger partial charge in [0.2, 0.25) is 5.13 Å². The first-order valence-corrected chi connectivity index (χ1v) is 7.89. The zero-order valence-corrected chi connectivity index (χ0v) is 13.3. The first-order valence-electron chi connectivity index (χ1n) is 7.01. The molecule has 0 aliphatic carbocycles. The van der Waals surface area contributed by atoms with Gasteiger partial charge in [0.05, 0.1) is 17.8 Å². The minimum atomic E-state index is 0.468. The summed E-state index contributed by atoms with van der Waals surface area (Å²) < 4.78 is 5.77. The van der Waals surface area contributed by atoms with E-state index in [4.69, 9.17) is 15.7 Å². The largest absolute Gasteiger partial charge is 0.457 e. The number of hydrogen-bond acceptors (Lipinski definition) is 7. The number of nitrogens with two attached hydrogens (primary N) is 1. The van der Waals surface area contributed by atoms with Gasteiger partial charge in [-0.15, -0.1) is 11.3 Å². The predicted octanol–water partition coefficient (Wildman–Crippen LogP) is 3.84. The monoisotopic (exact) mass is 335 g/mol. The predicted molar refractivity (Wildman–Crippen MR) is 95.4 cm³/mol. The van der Waals surface area contributed by atoms with E-state index in [1.165, 1.54) is 11.3 Å². The van der Waals surface area contributed by atoms with Gasteiger partial charge in [0.15, 0.2) is 0 Å². The van der Waals surface area contributed by atoms with Gasteiger partial charge >= 0.3 is 0 Å². The number of nitriles is 1. The number of benzene rings is 2. The van der Waals surface area contributed by atoms with Gasteiger partial charge in [0.25, 0.3) is 0 Å². The summed E-state index contributed by atoms with van der Waals surface area (Å²) >= 11 is 1.38. The molecule has 0 radical (unpaired) electrons. The molecular formula is C17H13N5OS. The maximum atomic E-state index is 8.80. The maximum absolute atomic E-state index is 8.80. The smallest absolute Gasteiger partial charge is 0.205 e. The average molecular weight is 335 g/mol. The molecule has 0 saturated heterocycles. The highest BCUT2D eigenvalue weighted by Crippen LogP contribution is 2.22. The van der Waals surface area contributed by atoms with Crippen molar-refractivity contribution in [3.63, 3.8) is 0 Å². The van der Waals surface area contributed by atoms with E-state index in [9.17, 15) is 0 Å². The Morgan fingerprint density at radius 1 is 1.21 bits per heavy atom. The zero-order valence-electron chi connectivity index (χ0n) is 12.5. The minimum Gasteiger partial charge on any atom is -0.457 e. The third-order valence-electron chi connectivity index (χ3n) is 2.97. The van der Waals surface area contributed by atoms with Crippen molar-refractivity contribution in [2.45, 2.75) is 0 Å². The highest BCUT2D eigenvalue weighted by molar-refractivity contribution is 7.14. The van der Waals surface area contributed by atoms with Crippen LogP contribution in [0.3, 0.4) is 0 Å². The topological polar surface area (TPSA) is 96.3 Å². The fraction of sp³-hybridized carbons (Fsp3) is 0. The van der Waals surface area contributed by atoms with Crippen LogP contribution in [0.25, 0.3) is 0 Å². The molecule has 0 atom stereocenters. The molecule has 0 bridgehead atoms. The van der Waals surface area contributed by atoms with E-state index in [2.05, 4.69) is 21.6 Å². The second kappa shape index (κ2) is 7.26. The molecule has 3 N–H and O–H groups in total. The van der Waals surface area contributed by atoms with Gasteiger partial charge < -0.3 is 10.5 Å². The lowest BCUT2D eigenvalue weighted by molar-refractivity contribution is 0.482. The van der Waals surface area contributed by atoms with E-state index < -0.39 is 0 Å². The number of hydrogen-bond donors (Lipinski definition) is 2. The first-order chi connectivity index (χ1) is 11.7. The average Bonchev–Trinajstić information content (AvgIpc) is 3.01. The number of nitrogens with one attached hydrogen (secondary N) is 1. The summed E-state index contributed by atoms with van der Waals surface area (Å²) in [5.41, 5.74) is 9.84. The van der Waals surface area contributed by atoms with E-state index in [-0.39, 0.29) is 0 Å². The van der Waals surface area contributed by atoms with E-state index in [1.807, 2.05) is 24.3 Å². The van der Waals surface area contributed by atoms with Gasteiger partial charge in [-0.25, -0.2) is 4.98 Å². The number of ether oxygens (including phenoxy) is 1. The molecule has 3 rings (SSSR count). The molecule has 1 heterocycles. The third kappa shape index (κ3) is 4.09. The molecule has 6 nitrogen and oxygen atoms in total. The van der Waals surface area contributed by atoms with Crippen LogP contribution in [-0.4, -0.2) is 11.2 Å². The van der Waals surface area contributed by atoms with E-state index >= 15 is 0 Å². The van der Waals surface area contributed by atoms with Crippen LogP contribution in [0.5, 0.6) is 11.5 Å². The van der Waals surface area contributed by atoms with Gasteiger partial charge in [0, 0.05) is 5.38 Å². The summed E-state index contributed by atoms with van der Waals surface area (Å²) in [5.74, 6) is 1.82. The highest BCUT2D eigenvalue weighted by atomic mass is 32.1. The summed E-state index contributed by atoms with van der Waals surface area (Å²) in [4.78, 5) is 4.05. The Labute approximate surface area is 142 Å². The quantitative estimate of drug-likeness (QED) is 0.545. The van der Waals surface area contributed by atoms with Crippen molar-refractivity contribution >= 4 is 28.5 Å². The molecule has 0 fully saturated rings. The van der Waals surface area contributed by atoms with Crippen molar-refractivity contribution in [1.29, 1.82) is 5.26 Å². The van der Waals surface area contributed by atoms with Crippen LogP contribution in [0.4, 0.5) is 10.9 Å². The van der Waals surface area contributed by atoms with E-state index in [1.54, 1.807) is 35.9 Å². The van der Waals surface area contributed by atoms with Crippen molar-refractivity contribution < 1.29 is 4.74 Å². The summed E-state index contributed by atoms with van der Waals surface area (Å²) in [6.07, 6.45) is 1.67. The number of thiazole rings is 1. The Morgan fingerprint density at radius 2 is 2.04 bits per heavy atom. The summed E-state index contributed by atoms with van der Waals surface area (Å²) in [6.45, 7) is 0. The van der Waals surface area contributed by atoms with Crippen molar-refractivity contribution in [2.24, 2.45) is 5.10 Å². The number of anilines is 2. The summed E-state index contributed by atoms with van der Waals surface area (Å²) in [5, 5.41) is 15.3. The number of hydrazone groups is 1. The molecule has 0 aliphatic heterocycles. The highest BCUT2D eigenvalue weighted by Gasteiger charge is 1.99. The zero-order chi connectivity index (χ0) is 16.8. The molecule has 118 valence electrons. The molecular weight excluding hydrogens is 322 g/mol. The van der Waals surface area contributed by atoms with Crippen LogP contribution in [0, 0.1) is 11.3 Å². The van der Waals surface area contributed by atoms with Crippen molar-refractivity contribution in [1.82, 2.24) is 4.98 Å². The first kappa shape index (κ1) is 15.5. The fourth-order valence-corrected chi connectivity index (χ4v) is 2.44. The van der Waals surface area contributed by atoms with Gasteiger partial charge in [-0.3, -0.25) is 5.43 Å². The van der Waals surface area contributed by atoms with E-state index in [0.29, 0.717) is 28.0 Å². The lowest BCUT2D eigenvalue weighted by atomic mass is 10.2. The Kier molecular flexibility index (Phi) is 4.70. The van der Waals surface area contributed by atoms with Crippen molar-refractivity contribution in [2.75, 3.05) is 11.2 Å². The van der Waals surface area contributed by atoms with Gasteiger partial charge in [-0.2, -0.15) is 10.4 Å². The molecule has 3 aromatic rings. The molecule has 24 heavy (non-hydrogen) atoms. The summed E-state index contributed by atoms with van der Waals surface area (Å²) in [6, 6.07) is 16.5. The molecule has 0 saturated carbocycles. The van der Waals surface area contributed by atoms with E-state index in [0.717, 1.165) is 5.56 Å². The SMILES string of the molecule is N#Cc1ccc(Oc2cccc(C=NNc3nc(N)cs3)c2)cc1. The van der Waals surface area contributed by atoms with Gasteiger partial charge in [-0.05, 0) is 42.0 Å². The molecule has 0 amide bonds. The Hall–Kier alpha value is -3.37. The molecule has 0 aliphatic rings.